The highest BCUT2D eigenvalue weighted by Gasteiger charge is 2.22. The summed E-state index contributed by atoms with van der Waals surface area (Å²) in [6, 6.07) is 13.8. The van der Waals surface area contributed by atoms with Crippen molar-refractivity contribution in [2.75, 3.05) is 5.32 Å². The first-order valence-electron chi connectivity index (χ1n) is 10.3. The number of anilines is 1. The Balaban J connectivity index is 1.49. The van der Waals surface area contributed by atoms with E-state index in [2.05, 4.69) is 44.1 Å². The van der Waals surface area contributed by atoms with Gasteiger partial charge in [0.05, 0.1) is 5.69 Å². The van der Waals surface area contributed by atoms with Gasteiger partial charge in [0.15, 0.2) is 11.1 Å². The average Bonchev–Trinajstić information content (AvgIpc) is 3.31. The normalized spacial score (nSPS) is 12.7. The molecule has 0 spiro atoms. The van der Waals surface area contributed by atoms with E-state index >= 15 is 0 Å². The first kappa shape index (κ1) is 21.1. The lowest BCUT2D eigenvalue weighted by molar-refractivity contribution is -0.122. The van der Waals surface area contributed by atoms with Crippen LogP contribution in [0.15, 0.2) is 60.2 Å². The molecule has 0 bridgehead atoms. The van der Waals surface area contributed by atoms with Crippen molar-refractivity contribution in [1.29, 1.82) is 0 Å². The zero-order valence-electron chi connectivity index (χ0n) is 18.5. The third kappa shape index (κ3) is 4.64. The Kier molecular flexibility index (Phi) is 5.58. The van der Waals surface area contributed by atoms with Crippen molar-refractivity contribution in [3.63, 3.8) is 0 Å². The summed E-state index contributed by atoms with van der Waals surface area (Å²) < 4.78 is 8.07. The lowest BCUT2D eigenvalue weighted by atomic mass is 9.85. The zero-order chi connectivity index (χ0) is 22.2. The molecule has 160 valence electrons. The fourth-order valence-corrected chi connectivity index (χ4v) is 4.14. The minimum Gasteiger partial charge on any atom is -0.481 e. The van der Waals surface area contributed by atoms with Crippen LogP contribution in [0.1, 0.15) is 38.8 Å². The predicted molar refractivity (Wildman–Crippen MR) is 127 cm³/mol. The molecule has 2 heterocycles. The number of hydrogen-bond acceptors (Lipinski definition) is 4. The van der Waals surface area contributed by atoms with E-state index in [9.17, 15) is 4.79 Å². The quantitative estimate of drug-likeness (QED) is 0.415. The van der Waals surface area contributed by atoms with Gasteiger partial charge in [-0.15, -0.1) is 11.3 Å². The Morgan fingerprint density at radius 2 is 2.00 bits per heavy atom. The second-order valence-electron chi connectivity index (χ2n) is 8.80. The van der Waals surface area contributed by atoms with Crippen LogP contribution in [0.4, 0.5) is 5.69 Å². The number of benzene rings is 2. The first-order valence-corrected chi connectivity index (χ1v) is 11.2. The first-order chi connectivity index (χ1) is 14.7. The van der Waals surface area contributed by atoms with Gasteiger partial charge in [0, 0.05) is 29.0 Å². The summed E-state index contributed by atoms with van der Waals surface area (Å²) in [7, 11) is 0. The molecule has 1 N–H and O–H groups in total. The number of carbonyl (C=O) groups is 1. The molecule has 5 nitrogen and oxygen atoms in total. The summed E-state index contributed by atoms with van der Waals surface area (Å²) in [6.07, 6.45) is 3.34. The SMILES string of the molecule is Cc1ccc(OC(C)C(=O)Nc2cccc(-c3cn4ccsc4n3)c2)c(C(C)(C)C)c1. The standard InChI is InChI=1S/C25H27N3O2S/c1-16-9-10-22(20(13-16)25(3,4)5)30-17(2)23(29)26-19-8-6-7-18(14-19)21-15-28-11-12-31-24(28)27-21/h6-15,17H,1-5H3,(H,26,29). The molecule has 0 aliphatic carbocycles. The van der Waals surface area contributed by atoms with Crippen LogP contribution in [-0.2, 0) is 10.2 Å². The highest BCUT2D eigenvalue weighted by Crippen LogP contribution is 2.33. The maximum absolute atomic E-state index is 12.8. The Hall–Kier alpha value is -3.12. The molecule has 0 saturated heterocycles. The molecule has 4 aromatic rings. The highest BCUT2D eigenvalue weighted by molar-refractivity contribution is 7.15. The number of ether oxygens (including phenoxy) is 1. The van der Waals surface area contributed by atoms with Gasteiger partial charge in [-0.25, -0.2) is 4.98 Å². The van der Waals surface area contributed by atoms with Gasteiger partial charge in [-0.2, -0.15) is 0 Å². The number of nitrogens with zero attached hydrogens (tertiary/aromatic N) is 2. The number of fused-ring (bicyclic) bond motifs is 1. The maximum atomic E-state index is 12.8. The summed E-state index contributed by atoms with van der Waals surface area (Å²) in [5, 5.41) is 4.98. The van der Waals surface area contributed by atoms with Crippen molar-refractivity contribution < 1.29 is 9.53 Å². The molecule has 1 amide bonds. The van der Waals surface area contributed by atoms with Crippen molar-refractivity contribution >= 4 is 27.9 Å². The predicted octanol–water partition coefficient (Wildman–Crippen LogP) is 6.07. The maximum Gasteiger partial charge on any atom is 0.265 e. The number of hydrogen-bond donors (Lipinski definition) is 1. The van der Waals surface area contributed by atoms with Crippen LogP contribution in [0.3, 0.4) is 0 Å². The largest absolute Gasteiger partial charge is 0.481 e. The summed E-state index contributed by atoms with van der Waals surface area (Å²) in [6.45, 7) is 10.3. The van der Waals surface area contributed by atoms with Crippen LogP contribution in [0.2, 0.25) is 0 Å². The molecule has 4 rings (SSSR count). The summed E-state index contributed by atoms with van der Waals surface area (Å²) in [5.41, 5.74) is 4.73. The van der Waals surface area contributed by atoms with Gasteiger partial charge in [-0.3, -0.25) is 9.20 Å². The molecule has 1 unspecified atom stereocenters. The van der Waals surface area contributed by atoms with E-state index in [-0.39, 0.29) is 11.3 Å². The molecule has 1 atom stereocenters. The van der Waals surface area contributed by atoms with E-state index in [1.807, 2.05) is 58.6 Å². The topological polar surface area (TPSA) is 55.6 Å². The molecule has 2 aromatic heterocycles. The molecule has 0 radical (unpaired) electrons. The number of amides is 1. The molecule has 0 fully saturated rings. The third-order valence-electron chi connectivity index (χ3n) is 5.14. The molecule has 0 aliphatic heterocycles. The average molecular weight is 434 g/mol. The van der Waals surface area contributed by atoms with E-state index in [1.54, 1.807) is 18.3 Å². The lowest BCUT2D eigenvalue weighted by Gasteiger charge is -2.25. The van der Waals surface area contributed by atoms with E-state index < -0.39 is 6.10 Å². The number of thiazole rings is 1. The molecule has 31 heavy (non-hydrogen) atoms. The van der Waals surface area contributed by atoms with Gasteiger partial charge in [0.2, 0.25) is 0 Å². The molecule has 6 heteroatoms. The van der Waals surface area contributed by atoms with Gasteiger partial charge in [-0.1, -0.05) is 50.6 Å². The minimum atomic E-state index is -0.634. The van der Waals surface area contributed by atoms with Gasteiger partial charge >= 0.3 is 0 Å². The van der Waals surface area contributed by atoms with Crippen LogP contribution in [0, 0.1) is 6.92 Å². The Labute approximate surface area is 186 Å². The van der Waals surface area contributed by atoms with E-state index in [4.69, 9.17) is 4.74 Å². The van der Waals surface area contributed by atoms with Crippen LogP contribution in [0.25, 0.3) is 16.2 Å². The second kappa shape index (κ2) is 8.19. The molecule has 0 saturated carbocycles. The van der Waals surface area contributed by atoms with Crippen molar-refractivity contribution in [1.82, 2.24) is 9.38 Å². The molecule has 0 aliphatic rings. The van der Waals surface area contributed by atoms with Gasteiger partial charge in [0.1, 0.15) is 5.75 Å². The number of aromatic nitrogens is 2. The number of rotatable bonds is 5. The van der Waals surface area contributed by atoms with E-state index in [1.165, 1.54) is 5.56 Å². The van der Waals surface area contributed by atoms with Crippen molar-refractivity contribution in [3.05, 3.63) is 71.4 Å². The number of imidazole rings is 1. The Morgan fingerprint density at radius 1 is 1.19 bits per heavy atom. The Bertz CT molecular complexity index is 1200. The van der Waals surface area contributed by atoms with E-state index in [0.717, 1.165) is 27.5 Å². The second-order valence-corrected chi connectivity index (χ2v) is 9.67. The highest BCUT2D eigenvalue weighted by atomic mass is 32.1. The number of nitrogens with one attached hydrogen (secondary N) is 1. The van der Waals surface area contributed by atoms with Crippen LogP contribution < -0.4 is 10.1 Å². The smallest absolute Gasteiger partial charge is 0.265 e. The summed E-state index contributed by atoms with van der Waals surface area (Å²) >= 11 is 1.59. The lowest BCUT2D eigenvalue weighted by Crippen LogP contribution is -2.31. The molecule has 2 aromatic carbocycles. The number of aryl methyl sites for hydroxylation is 1. The summed E-state index contributed by atoms with van der Waals surface area (Å²) in [5.74, 6) is 0.552. The molecular formula is C25H27N3O2S. The van der Waals surface area contributed by atoms with Crippen molar-refractivity contribution in [2.24, 2.45) is 0 Å². The molecular weight excluding hydrogens is 406 g/mol. The fraction of sp³-hybridized carbons (Fsp3) is 0.280. The zero-order valence-corrected chi connectivity index (χ0v) is 19.3. The van der Waals surface area contributed by atoms with Crippen molar-refractivity contribution in [2.45, 2.75) is 46.1 Å². The minimum absolute atomic E-state index is 0.0792. The van der Waals surface area contributed by atoms with Gasteiger partial charge < -0.3 is 10.1 Å². The monoisotopic (exact) mass is 433 g/mol. The van der Waals surface area contributed by atoms with Crippen LogP contribution >= 0.6 is 11.3 Å². The fourth-order valence-electron chi connectivity index (χ4n) is 3.44. The van der Waals surface area contributed by atoms with Gasteiger partial charge in [-0.05, 0) is 43.0 Å². The van der Waals surface area contributed by atoms with Crippen molar-refractivity contribution in [3.8, 4) is 17.0 Å². The van der Waals surface area contributed by atoms with E-state index in [0.29, 0.717) is 5.69 Å². The summed E-state index contributed by atoms with van der Waals surface area (Å²) in [4.78, 5) is 18.4. The van der Waals surface area contributed by atoms with Crippen LogP contribution in [0.5, 0.6) is 5.75 Å². The third-order valence-corrected chi connectivity index (χ3v) is 5.91. The number of carbonyl (C=O) groups excluding carboxylic acids is 1. The van der Waals surface area contributed by atoms with Gasteiger partial charge in [0.25, 0.3) is 5.91 Å². The Morgan fingerprint density at radius 3 is 2.74 bits per heavy atom. The van der Waals surface area contributed by atoms with Crippen LogP contribution in [-0.4, -0.2) is 21.4 Å².